The Balaban J connectivity index is 1.19. The first-order chi connectivity index (χ1) is 16.0. The number of fused-ring (bicyclic) bond motifs is 2. The maximum atomic E-state index is 6.71. The zero-order valence-corrected chi connectivity index (χ0v) is 20.0. The molecular formula is C24H21Cl2N5OS. The van der Waals surface area contributed by atoms with Crippen LogP contribution in [0, 0.1) is 5.41 Å². The highest BCUT2D eigenvalue weighted by atomic mass is 35.5. The SMILES string of the molecule is N[C@@H]1c2ccccc2CC12CCN(c1ncc3sc(Oc4cccc(Cl)c4Cl)nc3n1)CC2. The van der Waals surface area contributed by atoms with Gasteiger partial charge in [0.25, 0.3) is 5.19 Å². The number of nitrogens with two attached hydrogens (primary N) is 1. The van der Waals surface area contributed by atoms with Crippen molar-refractivity contribution in [1.82, 2.24) is 15.0 Å². The van der Waals surface area contributed by atoms with Crippen LogP contribution < -0.4 is 15.4 Å². The van der Waals surface area contributed by atoms with Crippen molar-refractivity contribution in [3.05, 3.63) is 69.8 Å². The molecule has 4 aromatic rings. The lowest BCUT2D eigenvalue weighted by molar-refractivity contribution is 0.187. The van der Waals surface area contributed by atoms with Crippen LogP contribution in [0.15, 0.2) is 48.7 Å². The van der Waals surface area contributed by atoms with Gasteiger partial charge in [0.2, 0.25) is 5.95 Å². The molecule has 2 aliphatic rings. The number of anilines is 1. The lowest BCUT2D eigenvalue weighted by Crippen LogP contribution is -2.44. The van der Waals surface area contributed by atoms with E-state index >= 15 is 0 Å². The van der Waals surface area contributed by atoms with Crippen LogP contribution in [0.4, 0.5) is 5.95 Å². The molecule has 6 nitrogen and oxygen atoms in total. The third-order valence-corrected chi connectivity index (χ3v) is 8.52. The number of piperidine rings is 1. The fourth-order valence-electron chi connectivity index (χ4n) is 5.02. The molecule has 1 aliphatic heterocycles. The number of hydrogen-bond acceptors (Lipinski definition) is 7. The minimum absolute atomic E-state index is 0.0933. The van der Waals surface area contributed by atoms with E-state index in [2.05, 4.69) is 39.1 Å². The second kappa shape index (κ2) is 8.09. The average molecular weight is 498 g/mol. The molecule has 33 heavy (non-hydrogen) atoms. The fourth-order valence-corrected chi connectivity index (χ4v) is 6.09. The Kier molecular flexibility index (Phi) is 5.18. The van der Waals surface area contributed by atoms with Crippen LogP contribution in [-0.4, -0.2) is 28.0 Å². The van der Waals surface area contributed by atoms with Crippen LogP contribution in [0.25, 0.3) is 10.3 Å². The number of halogens is 2. The second-order valence-electron chi connectivity index (χ2n) is 8.69. The van der Waals surface area contributed by atoms with Gasteiger partial charge < -0.3 is 15.4 Å². The molecule has 1 saturated heterocycles. The molecule has 1 spiro atoms. The number of aromatic nitrogens is 3. The molecule has 1 fully saturated rings. The van der Waals surface area contributed by atoms with E-state index in [1.54, 1.807) is 18.2 Å². The molecule has 0 bridgehead atoms. The molecule has 0 radical (unpaired) electrons. The van der Waals surface area contributed by atoms with Gasteiger partial charge >= 0.3 is 0 Å². The zero-order chi connectivity index (χ0) is 22.6. The van der Waals surface area contributed by atoms with E-state index in [-0.39, 0.29) is 11.5 Å². The van der Waals surface area contributed by atoms with Gasteiger partial charge in [-0.3, -0.25) is 0 Å². The maximum absolute atomic E-state index is 6.71. The smallest absolute Gasteiger partial charge is 0.281 e. The Bertz CT molecular complexity index is 1350. The molecule has 2 N–H and O–H groups in total. The van der Waals surface area contributed by atoms with Gasteiger partial charge in [-0.05, 0) is 47.9 Å². The summed E-state index contributed by atoms with van der Waals surface area (Å²) in [6, 6.07) is 13.9. The van der Waals surface area contributed by atoms with Crippen LogP contribution in [0.2, 0.25) is 10.0 Å². The van der Waals surface area contributed by atoms with Crippen molar-refractivity contribution < 1.29 is 4.74 Å². The Hall–Kier alpha value is -2.45. The van der Waals surface area contributed by atoms with Gasteiger partial charge in [-0.25, -0.2) is 4.98 Å². The number of nitrogens with zero attached hydrogens (tertiary/aromatic N) is 4. The molecule has 0 saturated carbocycles. The quantitative estimate of drug-likeness (QED) is 0.372. The number of thiazole rings is 1. The van der Waals surface area contributed by atoms with E-state index in [1.165, 1.54) is 22.5 Å². The molecule has 9 heteroatoms. The molecule has 6 rings (SSSR count). The van der Waals surface area contributed by atoms with Gasteiger partial charge in [0.05, 0.1) is 15.9 Å². The van der Waals surface area contributed by atoms with Crippen LogP contribution in [-0.2, 0) is 6.42 Å². The first-order valence-corrected chi connectivity index (χ1v) is 12.4. The van der Waals surface area contributed by atoms with Crippen LogP contribution in [0.1, 0.15) is 30.0 Å². The average Bonchev–Trinajstić information content (AvgIpc) is 3.35. The molecule has 2 aromatic carbocycles. The topological polar surface area (TPSA) is 77.2 Å². The summed E-state index contributed by atoms with van der Waals surface area (Å²) < 4.78 is 6.72. The molecule has 1 atom stereocenters. The van der Waals surface area contributed by atoms with Crippen molar-refractivity contribution in [2.45, 2.75) is 25.3 Å². The van der Waals surface area contributed by atoms with Crippen molar-refractivity contribution in [3.8, 4) is 10.9 Å². The second-order valence-corrected chi connectivity index (χ2v) is 10.5. The van der Waals surface area contributed by atoms with E-state index in [0.717, 1.165) is 37.1 Å². The number of rotatable bonds is 3. The summed E-state index contributed by atoms with van der Waals surface area (Å²) in [5.41, 5.74) is 10.2. The third kappa shape index (κ3) is 3.64. The van der Waals surface area contributed by atoms with E-state index in [1.807, 2.05) is 6.20 Å². The number of benzene rings is 2. The molecule has 3 heterocycles. The fraction of sp³-hybridized carbons (Fsp3) is 0.292. The normalized spacial score (nSPS) is 19.2. The molecule has 0 amide bonds. The number of hydrogen-bond donors (Lipinski definition) is 1. The van der Waals surface area contributed by atoms with Gasteiger partial charge in [0.1, 0.15) is 10.8 Å². The molecular weight excluding hydrogens is 477 g/mol. The van der Waals surface area contributed by atoms with Crippen LogP contribution >= 0.6 is 34.5 Å². The zero-order valence-electron chi connectivity index (χ0n) is 17.7. The Morgan fingerprint density at radius 3 is 2.70 bits per heavy atom. The molecule has 168 valence electrons. The van der Waals surface area contributed by atoms with Gasteiger partial charge in [-0.1, -0.05) is 64.9 Å². The van der Waals surface area contributed by atoms with Crippen molar-refractivity contribution in [2.24, 2.45) is 11.1 Å². The van der Waals surface area contributed by atoms with E-state index < -0.39 is 0 Å². The molecule has 0 unspecified atom stereocenters. The highest BCUT2D eigenvalue weighted by Crippen LogP contribution is 2.50. The van der Waals surface area contributed by atoms with Crippen molar-refractivity contribution in [1.29, 1.82) is 0 Å². The summed E-state index contributed by atoms with van der Waals surface area (Å²) in [7, 11) is 0. The van der Waals surface area contributed by atoms with Crippen LogP contribution in [0.5, 0.6) is 10.9 Å². The first kappa shape index (κ1) is 21.1. The standard InChI is InChI=1S/C24H21Cl2N5OS/c25-16-6-3-7-17(19(16)26)32-23-30-21-18(33-23)13-28-22(29-21)31-10-8-24(9-11-31)12-14-4-1-2-5-15(14)20(24)27/h1-7,13,20H,8-12,27H2/t20-/m1/s1. The minimum Gasteiger partial charge on any atom is -0.429 e. The van der Waals surface area contributed by atoms with Gasteiger partial charge in [0.15, 0.2) is 5.65 Å². The first-order valence-electron chi connectivity index (χ1n) is 10.9. The monoisotopic (exact) mass is 497 g/mol. The summed E-state index contributed by atoms with van der Waals surface area (Å²) in [5.74, 6) is 1.16. The summed E-state index contributed by atoms with van der Waals surface area (Å²) in [6.07, 6.45) is 4.89. The highest BCUT2D eigenvalue weighted by Gasteiger charge is 2.46. The van der Waals surface area contributed by atoms with Gasteiger partial charge in [0, 0.05) is 19.1 Å². The van der Waals surface area contributed by atoms with Gasteiger partial charge in [-0.2, -0.15) is 9.97 Å². The van der Waals surface area contributed by atoms with Crippen LogP contribution in [0.3, 0.4) is 0 Å². The van der Waals surface area contributed by atoms with Crippen molar-refractivity contribution in [2.75, 3.05) is 18.0 Å². The predicted molar refractivity (Wildman–Crippen MR) is 133 cm³/mol. The van der Waals surface area contributed by atoms with E-state index in [4.69, 9.17) is 38.7 Å². The summed E-state index contributed by atoms with van der Waals surface area (Å²) >= 11 is 13.7. The Labute approximate surface area is 205 Å². The largest absolute Gasteiger partial charge is 0.429 e. The lowest BCUT2D eigenvalue weighted by atomic mass is 9.73. The third-order valence-electron chi connectivity index (χ3n) is 6.87. The summed E-state index contributed by atoms with van der Waals surface area (Å²) in [6.45, 7) is 1.75. The Morgan fingerprint density at radius 2 is 1.88 bits per heavy atom. The lowest BCUT2D eigenvalue weighted by Gasteiger charge is -2.42. The summed E-state index contributed by atoms with van der Waals surface area (Å²) in [5, 5.41) is 1.25. The highest BCUT2D eigenvalue weighted by molar-refractivity contribution is 7.20. The minimum atomic E-state index is 0.0933. The van der Waals surface area contributed by atoms with Gasteiger partial charge in [-0.15, -0.1) is 0 Å². The van der Waals surface area contributed by atoms with E-state index in [0.29, 0.717) is 32.6 Å². The Morgan fingerprint density at radius 1 is 1.06 bits per heavy atom. The van der Waals surface area contributed by atoms with E-state index in [9.17, 15) is 0 Å². The molecule has 1 aliphatic carbocycles. The predicted octanol–water partition coefficient (Wildman–Crippen LogP) is 6.03. The summed E-state index contributed by atoms with van der Waals surface area (Å²) in [4.78, 5) is 16.1. The molecule has 2 aromatic heterocycles. The van der Waals surface area contributed by atoms with Crippen molar-refractivity contribution >= 4 is 50.8 Å². The maximum Gasteiger partial charge on any atom is 0.281 e. The number of ether oxygens (including phenoxy) is 1. The van der Waals surface area contributed by atoms with Crippen molar-refractivity contribution in [3.63, 3.8) is 0 Å².